The molecule has 0 aromatic heterocycles. The summed E-state index contributed by atoms with van der Waals surface area (Å²) >= 11 is 0. The number of carbonyl (C=O) groups excluding carboxylic acids is 1. The van der Waals surface area contributed by atoms with Crippen molar-refractivity contribution in [1.29, 1.82) is 0 Å². The number of benzene rings is 1. The van der Waals surface area contributed by atoms with Crippen LogP contribution >= 0.6 is 0 Å². The van der Waals surface area contributed by atoms with Gasteiger partial charge in [0.1, 0.15) is 11.8 Å². The van der Waals surface area contributed by atoms with Gasteiger partial charge < -0.3 is 20.9 Å². The molecule has 0 spiro atoms. The van der Waals surface area contributed by atoms with Crippen molar-refractivity contribution in [2.45, 2.75) is 6.04 Å². The molecule has 4 N–H and O–H groups in total. The standard InChI is InChI=1S/C10H10N2O4/c11-9(10(14)15)5-1-2-7-6(3-5)12-8(13)4-16-7/h1-3,9H,4,11H2,(H,12,13)(H,14,15)/t9-/m0/s1. The molecule has 1 amide bonds. The van der Waals surface area contributed by atoms with Crippen LogP contribution < -0.4 is 15.8 Å². The van der Waals surface area contributed by atoms with E-state index in [0.717, 1.165) is 0 Å². The van der Waals surface area contributed by atoms with E-state index in [-0.39, 0.29) is 12.5 Å². The number of nitrogens with one attached hydrogen (secondary N) is 1. The number of hydrogen-bond donors (Lipinski definition) is 3. The van der Waals surface area contributed by atoms with Crippen molar-refractivity contribution in [1.82, 2.24) is 0 Å². The minimum absolute atomic E-state index is 0.0304. The van der Waals surface area contributed by atoms with Gasteiger partial charge in [-0.25, -0.2) is 0 Å². The van der Waals surface area contributed by atoms with Crippen LogP contribution in [0.1, 0.15) is 11.6 Å². The summed E-state index contributed by atoms with van der Waals surface area (Å²) < 4.78 is 5.13. The van der Waals surface area contributed by atoms with Gasteiger partial charge in [0.2, 0.25) is 0 Å². The molecule has 0 bridgehead atoms. The molecule has 0 saturated heterocycles. The molecule has 6 heteroatoms. The molecule has 0 unspecified atom stereocenters. The van der Waals surface area contributed by atoms with Gasteiger partial charge >= 0.3 is 5.97 Å². The monoisotopic (exact) mass is 222 g/mol. The van der Waals surface area contributed by atoms with Gasteiger partial charge in [0.25, 0.3) is 5.91 Å². The molecule has 1 aromatic carbocycles. The summed E-state index contributed by atoms with van der Waals surface area (Å²) in [5, 5.41) is 11.3. The molecule has 1 aliphatic rings. The van der Waals surface area contributed by atoms with E-state index < -0.39 is 12.0 Å². The van der Waals surface area contributed by atoms with E-state index in [1.165, 1.54) is 6.07 Å². The molecule has 84 valence electrons. The molecule has 0 aliphatic carbocycles. The van der Waals surface area contributed by atoms with Gasteiger partial charge in [-0.2, -0.15) is 0 Å². The fraction of sp³-hybridized carbons (Fsp3) is 0.200. The first-order valence-electron chi connectivity index (χ1n) is 4.63. The topological polar surface area (TPSA) is 102 Å². The molecular weight excluding hydrogens is 212 g/mol. The van der Waals surface area contributed by atoms with Gasteiger partial charge in [0.05, 0.1) is 5.69 Å². The predicted molar refractivity (Wildman–Crippen MR) is 55.1 cm³/mol. The molecule has 0 radical (unpaired) electrons. The minimum atomic E-state index is -1.12. The highest BCUT2D eigenvalue weighted by Gasteiger charge is 2.20. The molecule has 2 rings (SSSR count). The summed E-state index contributed by atoms with van der Waals surface area (Å²) in [7, 11) is 0. The number of amides is 1. The summed E-state index contributed by atoms with van der Waals surface area (Å²) in [6.07, 6.45) is 0. The molecular formula is C10H10N2O4. The lowest BCUT2D eigenvalue weighted by Crippen LogP contribution is -2.26. The second-order valence-corrected chi connectivity index (χ2v) is 3.41. The maximum atomic E-state index is 11.1. The Kier molecular flexibility index (Phi) is 2.49. The second-order valence-electron chi connectivity index (χ2n) is 3.41. The molecule has 1 heterocycles. The average molecular weight is 222 g/mol. The van der Waals surface area contributed by atoms with Crippen LogP contribution in [0.2, 0.25) is 0 Å². The number of hydrogen-bond acceptors (Lipinski definition) is 4. The predicted octanol–water partition coefficient (Wildman–Crippen LogP) is 0.102. The Bertz CT molecular complexity index is 458. The molecule has 1 aliphatic heterocycles. The Morgan fingerprint density at radius 1 is 1.56 bits per heavy atom. The summed E-state index contributed by atoms with van der Waals surface area (Å²) in [4.78, 5) is 21.7. The largest absolute Gasteiger partial charge is 0.482 e. The maximum Gasteiger partial charge on any atom is 0.325 e. The van der Waals surface area contributed by atoms with Crippen molar-refractivity contribution in [3.05, 3.63) is 23.8 Å². The summed E-state index contributed by atoms with van der Waals surface area (Å²) in [6.45, 7) is -0.0304. The number of anilines is 1. The third-order valence-corrected chi connectivity index (χ3v) is 2.26. The Labute approximate surface area is 91.0 Å². The number of fused-ring (bicyclic) bond motifs is 1. The van der Waals surface area contributed by atoms with E-state index in [2.05, 4.69) is 5.32 Å². The lowest BCUT2D eigenvalue weighted by Gasteiger charge is -2.19. The number of carbonyl (C=O) groups is 2. The first-order chi connectivity index (χ1) is 7.58. The first-order valence-corrected chi connectivity index (χ1v) is 4.63. The van der Waals surface area contributed by atoms with Gasteiger partial charge in [-0.05, 0) is 17.7 Å². The van der Waals surface area contributed by atoms with E-state index in [1.54, 1.807) is 12.1 Å². The molecule has 6 nitrogen and oxygen atoms in total. The van der Waals surface area contributed by atoms with Crippen molar-refractivity contribution >= 4 is 17.6 Å². The molecule has 0 fully saturated rings. The normalized spacial score (nSPS) is 15.7. The third-order valence-electron chi connectivity index (χ3n) is 2.26. The molecule has 0 saturated carbocycles. The van der Waals surface area contributed by atoms with Gasteiger partial charge in [-0.1, -0.05) is 6.07 Å². The number of carboxylic acid groups (broad SMARTS) is 1. The summed E-state index contributed by atoms with van der Waals surface area (Å²) in [5.74, 6) is -0.877. The zero-order chi connectivity index (χ0) is 11.7. The number of aliphatic carboxylic acids is 1. The van der Waals surface area contributed by atoms with E-state index in [4.69, 9.17) is 15.6 Å². The lowest BCUT2D eigenvalue weighted by atomic mass is 10.1. The van der Waals surface area contributed by atoms with Gasteiger partial charge in [-0.15, -0.1) is 0 Å². The average Bonchev–Trinajstić information content (AvgIpc) is 2.26. The van der Waals surface area contributed by atoms with Crippen molar-refractivity contribution < 1.29 is 19.4 Å². The SMILES string of the molecule is N[C@H](C(=O)O)c1ccc2c(c1)NC(=O)CO2. The fourth-order valence-electron chi connectivity index (χ4n) is 1.44. The lowest BCUT2D eigenvalue weighted by molar-refractivity contribution is -0.138. The van der Waals surface area contributed by atoms with E-state index in [0.29, 0.717) is 17.0 Å². The van der Waals surface area contributed by atoms with Crippen LogP contribution in [-0.2, 0) is 9.59 Å². The van der Waals surface area contributed by atoms with Gasteiger partial charge in [0, 0.05) is 0 Å². The van der Waals surface area contributed by atoms with Crippen LogP contribution in [0.4, 0.5) is 5.69 Å². The van der Waals surface area contributed by atoms with E-state index in [9.17, 15) is 9.59 Å². The van der Waals surface area contributed by atoms with Crippen molar-refractivity contribution in [3.8, 4) is 5.75 Å². The summed E-state index contributed by atoms with van der Waals surface area (Å²) in [5.41, 5.74) is 6.32. The van der Waals surface area contributed by atoms with Crippen LogP contribution in [0.25, 0.3) is 0 Å². The quantitative estimate of drug-likeness (QED) is 0.658. The molecule has 1 aromatic rings. The van der Waals surface area contributed by atoms with Crippen LogP contribution in [0, 0.1) is 0 Å². The zero-order valence-corrected chi connectivity index (χ0v) is 8.27. The number of nitrogens with two attached hydrogens (primary N) is 1. The minimum Gasteiger partial charge on any atom is -0.482 e. The van der Waals surface area contributed by atoms with E-state index >= 15 is 0 Å². The Morgan fingerprint density at radius 3 is 3.00 bits per heavy atom. The zero-order valence-electron chi connectivity index (χ0n) is 8.27. The van der Waals surface area contributed by atoms with E-state index in [1.807, 2.05) is 0 Å². The van der Waals surface area contributed by atoms with Gasteiger partial charge in [-0.3, -0.25) is 9.59 Å². The number of rotatable bonds is 2. The Hall–Kier alpha value is -2.08. The third kappa shape index (κ3) is 1.82. The maximum absolute atomic E-state index is 11.1. The van der Waals surface area contributed by atoms with Crippen LogP contribution in [0.5, 0.6) is 5.75 Å². The molecule has 1 atom stereocenters. The summed E-state index contributed by atoms with van der Waals surface area (Å²) in [6, 6.07) is 3.55. The van der Waals surface area contributed by atoms with Crippen molar-refractivity contribution in [2.75, 3.05) is 11.9 Å². The molecule has 16 heavy (non-hydrogen) atoms. The van der Waals surface area contributed by atoms with Crippen LogP contribution in [0.3, 0.4) is 0 Å². The highest BCUT2D eigenvalue weighted by atomic mass is 16.5. The number of carboxylic acids is 1. The number of ether oxygens (including phenoxy) is 1. The van der Waals surface area contributed by atoms with Crippen molar-refractivity contribution in [2.24, 2.45) is 5.73 Å². The Morgan fingerprint density at radius 2 is 2.31 bits per heavy atom. The van der Waals surface area contributed by atoms with Gasteiger partial charge in [0.15, 0.2) is 6.61 Å². The highest BCUT2D eigenvalue weighted by Crippen LogP contribution is 2.30. The van der Waals surface area contributed by atoms with Crippen molar-refractivity contribution in [3.63, 3.8) is 0 Å². The smallest absolute Gasteiger partial charge is 0.325 e. The Balaban J connectivity index is 2.34. The first kappa shape index (κ1) is 10.4. The highest BCUT2D eigenvalue weighted by molar-refractivity contribution is 5.95. The fourth-order valence-corrected chi connectivity index (χ4v) is 1.44. The van der Waals surface area contributed by atoms with Crippen LogP contribution in [-0.4, -0.2) is 23.6 Å². The van der Waals surface area contributed by atoms with Crippen LogP contribution in [0.15, 0.2) is 18.2 Å². The second kappa shape index (κ2) is 3.82.